The molecule has 0 saturated carbocycles. The number of halogens is 2. The van der Waals surface area contributed by atoms with Crippen LogP contribution < -0.4 is 18.9 Å². The number of hydrogen-bond donors (Lipinski definition) is 1. The molecule has 3 aromatic carbocycles. The third-order valence-corrected chi connectivity index (χ3v) is 10.1. The van der Waals surface area contributed by atoms with Gasteiger partial charge in [0.15, 0.2) is 0 Å². The minimum atomic E-state index is -0.983. The normalized spacial score (nSPS) is 11.0. The summed E-state index contributed by atoms with van der Waals surface area (Å²) in [7, 11) is 0. The molecule has 3 rings (SSSR count). The summed E-state index contributed by atoms with van der Waals surface area (Å²) in [5, 5.41) is 4.61. The summed E-state index contributed by atoms with van der Waals surface area (Å²) < 4.78 is 2.53. The van der Waals surface area contributed by atoms with Gasteiger partial charge in [-0.15, -0.1) is 0 Å². The Hall–Kier alpha value is -1.37. The van der Waals surface area contributed by atoms with Gasteiger partial charge in [-0.05, 0) is 0 Å². The summed E-state index contributed by atoms with van der Waals surface area (Å²) in [6, 6.07) is 17.9. The van der Waals surface area contributed by atoms with E-state index in [9.17, 15) is 4.79 Å². The van der Waals surface area contributed by atoms with Crippen molar-refractivity contribution in [3.63, 3.8) is 0 Å². The second kappa shape index (κ2) is 11.9. The number of nitrogens with zero attached hydrogens (tertiary/aromatic N) is 1. The van der Waals surface area contributed by atoms with Crippen molar-refractivity contribution in [3.05, 3.63) is 81.3 Å². The molecule has 0 aliphatic carbocycles. The van der Waals surface area contributed by atoms with Crippen molar-refractivity contribution in [1.82, 2.24) is 0 Å². The van der Waals surface area contributed by atoms with E-state index in [1.807, 2.05) is 42.5 Å². The Morgan fingerprint density at radius 2 is 1.58 bits per heavy atom. The molecule has 0 aromatic heterocycles. The number of nitrogens with one attached hydrogen (secondary N) is 1. The van der Waals surface area contributed by atoms with E-state index in [-0.39, 0.29) is 6.03 Å². The molecular weight excluding hydrogens is 577 g/mol. The van der Waals surface area contributed by atoms with Crippen molar-refractivity contribution >= 4 is 80.8 Å². The van der Waals surface area contributed by atoms with E-state index in [0.717, 1.165) is 45.3 Å². The molecule has 1 atom stereocenters. The van der Waals surface area contributed by atoms with E-state index in [2.05, 4.69) is 42.7 Å². The second-order valence-electron chi connectivity index (χ2n) is 8.04. The molecule has 0 heterocycles. The van der Waals surface area contributed by atoms with Gasteiger partial charge in [-0.2, -0.15) is 0 Å². The Morgan fingerprint density at radius 1 is 0.970 bits per heavy atom. The fourth-order valence-corrected chi connectivity index (χ4v) is 7.13. The van der Waals surface area contributed by atoms with E-state index in [4.69, 9.17) is 23.2 Å². The molecule has 0 radical (unpaired) electrons. The summed E-state index contributed by atoms with van der Waals surface area (Å²) in [5.74, 6) is 0. The molecule has 3 aromatic rings. The fraction of sp³-hybridized carbons (Fsp3) is 0.269. The fourth-order valence-electron chi connectivity index (χ4n) is 3.79. The molecule has 1 unspecified atom stereocenters. The van der Waals surface area contributed by atoms with Crippen LogP contribution >= 0.6 is 23.2 Å². The van der Waals surface area contributed by atoms with Crippen molar-refractivity contribution in [2.75, 3.05) is 10.2 Å². The van der Waals surface area contributed by atoms with Crippen LogP contribution in [-0.2, 0) is 19.4 Å². The van der Waals surface area contributed by atoms with Gasteiger partial charge in [-0.1, -0.05) is 0 Å². The average Bonchev–Trinajstić information content (AvgIpc) is 2.79. The van der Waals surface area contributed by atoms with Gasteiger partial charge in [0, 0.05) is 0 Å². The molecule has 33 heavy (non-hydrogen) atoms. The first-order valence-electron chi connectivity index (χ1n) is 10.9. The molecule has 0 aliphatic rings. The molecule has 3 nitrogen and oxygen atoms in total. The van der Waals surface area contributed by atoms with Crippen molar-refractivity contribution < 1.29 is 4.79 Å². The van der Waals surface area contributed by atoms with E-state index < -0.39 is 14.7 Å². The summed E-state index contributed by atoms with van der Waals surface area (Å²) in [5.41, 5.74) is 9.47. The van der Waals surface area contributed by atoms with Gasteiger partial charge in [0.25, 0.3) is 0 Å². The van der Waals surface area contributed by atoms with Crippen molar-refractivity contribution in [3.8, 4) is 0 Å². The topological polar surface area (TPSA) is 32.3 Å². The first-order chi connectivity index (χ1) is 15.7. The van der Waals surface area contributed by atoms with Crippen LogP contribution in [0.2, 0.25) is 21.5 Å². The second-order valence-corrected chi connectivity index (χ2v) is 15.0. The summed E-state index contributed by atoms with van der Waals surface area (Å²) in [6.45, 7) is 4.62. The quantitative estimate of drug-likeness (QED) is 0.350. The number of benzene rings is 3. The van der Waals surface area contributed by atoms with Gasteiger partial charge in [-0.25, -0.2) is 0 Å². The van der Waals surface area contributed by atoms with Gasteiger partial charge in [0.2, 0.25) is 0 Å². The van der Waals surface area contributed by atoms with Crippen LogP contribution in [0.4, 0.5) is 16.2 Å². The molecule has 0 bridgehead atoms. The monoisotopic (exact) mass is 606 g/mol. The summed E-state index contributed by atoms with van der Waals surface area (Å²) >= 11 is 13.2. The molecule has 7 heteroatoms. The minimum absolute atomic E-state index is 0.168. The Kier molecular flexibility index (Phi) is 9.42. The summed E-state index contributed by atoms with van der Waals surface area (Å²) in [6.07, 6.45) is 1.58. The summed E-state index contributed by atoms with van der Waals surface area (Å²) in [4.78, 5) is 15.5. The Labute approximate surface area is 220 Å². The Balaban J connectivity index is 2.01. The van der Waals surface area contributed by atoms with Crippen LogP contribution in [0.1, 0.15) is 30.5 Å². The maximum absolute atomic E-state index is 13.7. The average molecular weight is 607 g/mol. The van der Waals surface area contributed by atoms with Crippen LogP contribution in [0, 0.1) is 0 Å². The van der Waals surface area contributed by atoms with E-state index >= 15 is 0 Å². The molecule has 0 spiro atoms. The molecule has 174 valence electrons. The van der Waals surface area contributed by atoms with E-state index in [1.165, 1.54) is 21.2 Å². The molecule has 0 saturated heterocycles. The zero-order valence-electron chi connectivity index (χ0n) is 19.5. The Morgan fingerprint density at radius 3 is 2.12 bits per heavy atom. The van der Waals surface area contributed by atoms with Crippen LogP contribution in [0.5, 0.6) is 0 Å². The molecule has 2 amide bonds. The van der Waals surface area contributed by atoms with Gasteiger partial charge in [-0.3, -0.25) is 0 Å². The van der Waals surface area contributed by atoms with Crippen LogP contribution in [0.15, 0.2) is 54.6 Å². The van der Waals surface area contributed by atoms with E-state index in [1.54, 1.807) is 4.90 Å². The zero-order chi connectivity index (χ0) is 24.1. The first-order valence-corrected chi connectivity index (χ1v) is 17.6. The number of carbonyl (C=O) groups excluding carboxylic acids is 1. The number of hydrogen-bond acceptors (Lipinski definition) is 1. The zero-order valence-corrected chi connectivity index (χ0v) is 25.3. The van der Waals surface area contributed by atoms with Crippen molar-refractivity contribution in [2.24, 2.45) is 0 Å². The predicted molar refractivity (Wildman–Crippen MR) is 149 cm³/mol. The third kappa shape index (κ3) is 6.40. The van der Waals surface area contributed by atoms with Crippen LogP contribution in [0.25, 0.3) is 0 Å². The van der Waals surface area contributed by atoms with Gasteiger partial charge >= 0.3 is 222 Å². The molecule has 1 N–H and O–H groups in total. The van der Waals surface area contributed by atoms with Gasteiger partial charge in [0.1, 0.15) is 0 Å². The van der Waals surface area contributed by atoms with Crippen molar-refractivity contribution in [2.45, 2.75) is 44.7 Å². The molecule has 0 fully saturated rings. The number of urea groups is 1. The maximum atomic E-state index is 13.7. The Bertz CT molecular complexity index is 1090. The SMILES string of the molecule is CCc1c(Cl)cc([AsH2])c(CC)c1NC(=O)N(Cc1ccc(Cl)cc1)c1ccc([As](C)C)cc1. The number of rotatable bonds is 7. The van der Waals surface area contributed by atoms with Gasteiger partial charge < -0.3 is 0 Å². The number of anilines is 2. The van der Waals surface area contributed by atoms with Gasteiger partial charge in [0.05, 0.1) is 0 Å². The number of amides is 2. The van der Waals surface area contributed by atoms with Crippen LogP contribution in [-0.4, -0.2) is 37.5 Å². The standard InChI is InChI=1S/C26H30As2Cl2N2O/c1-5-21-23(27)15-24(30)22(6-2)25(21)31-26(33)32(16-17-7-11-19(29)12-8-17)20-13-9-18(10-14-20)28(3)4/h7-15H,5-6,16,27H2,1-4H3,(H,31,33). The molecule has 0 aliphatic heterocycles. The van der Waals surface area contributed by atoms with E-state index in [0.29, 0.717) is 16.6 Å². The van der Waals surface area contributed by atoms with Crippen molar-refractivity contribution in [1.29, 1.82) is 0 Å². The first kappa shape index (κ1) is 26.2. The molecular formula is C26H30As2Cl2N2O. The predicted octanol–water partition coefficient (Wildman–Crippen LogP) is 5.58. The van der Waals surface area contributed by atoms with Crippen LogP contribution in [0.3, 0.4) is 0 Å². The number of carbonyl (C=O) groups is 1. The third-order valence-electron chi connectivity index (χ3n) is 5.64.